The first-order valence-electron chi connectivity index (χ1n) is 13.4. The fourth-order valence-electron chi connectivity index (χ4n) is 5.73. The number of halogens is 1. The van der Waals surface area contributed by atoms with Crippen LogP contribution in [0.3, 0.4) is 0 Å². The van der Waals surface area contributed by atoms with Gasteiger partial charge in [0.15, 0.2) is 0 Å². The minimum absolute atomic E-state index is 0.117. The first-order chi connectivity index (χ1) is 17.8. The van der Waals surface area contributed by atoms with Gasteiger partial charge in [-0.2, -0.15) is 0 Å². The van der Waals surface area contributed by atoms with Gasteiger partial charge in [-0.05, 0) is 88.4 Å². The van der Waals surface area contributed by atoms with E-state index in [1.807, 2.05) is 32.0 Å². The fourth-order valence-corrected chi connectivity index (χ4v) is 5.99. The average molecular weight is 571 g/mol. The molecule has 4 rings (SSSR count). The Labute approximate surface area is 230 Å². The number of nitrogens with zero attached hydrogens (tertiary/aromatic N) is 3. The van der Waals surface area contributed by atoms with E-state index in [0.29, 0.717) is 19.1 Å². The molecule has 1 amide bonds. The molecule has 0 bridgehead atoms. The van der Waals surface area contributed by atoms with Crippen molar-refractivity contribution in [2.45, 2.75) is 52.0 Å². The molecule has 6 nitrogen and oxygen atoms in total. The number of methoxy groups -OCH3 is 1. The summed E-state index contributed by atoms with van der Waals surface area (Å²) < 4.78 is 6.17. The highest BCUT2D eigenvalue weighted by molar-refractivity contribution is 9.10. The van der Waals surface area contributed by atoms with E-state index in [1.165, 1.54) is 0 Å². The number of amides is 1. The van der Waals surface area contributed by atoms with Gasteiger partial charge in [0.05, 0.1) is 12.3 Å². The number of ether oxygens (including phenoxy) is 1. The maximum atomic E-state index is 13.3. The largest absolute Gasteiger partial charge is 0.393 e. The number of hydrogen-bond acceptors (Lipinski definition) is 5. The molecule has 37 heavy (non-hydrogen) atoms. The molecule has 0 N–H and O–H groups in total. The van der Waals surface area contributed by atoms with Crippen molar-refractivity contribution >= 4 is 27.5 Å². The van der Waals surface area contributed by atoms with Gasteiger partial charge in [0.1, 0.15) is 6.61 Å². The number of benzene rings is 2. The van der Waals surface area contributed by atoms with E-state index in [-0.39, 0.29) is 11.4 Å². The van der Waals surface area contributed by atoms with Gasteiger partial charge >= 0.3 is 0 Å². The van der Waals surface area contributed by atoms with E-state index >= 15 is 0 Å². The number of oxime groups is 1. The van der Waals surface area contributed by atoms with Crippen molar-refractivity contribution in [3.63, 3.8) is 0 Å². The number of piperidine rings is 2. The summed E-state index contributed by atoms with van der Waals surface area (Å²) in [5.41, 5.74) is 5.27. The molecule has 0 atom stereocenters. The fraction of sp³-hybridized carbons (Fsp3) is 0.533. The molecule has 0 unspecified atom stereocenters. The first-order valence-corrected chi connectivity index (χ1v) is 14.2. The van der Waals surface area contributed by atoms with Crippen molar-refractivity contribution in [1.82, 2.24) is 9.80 Å². The number of hydrogen-bond donors (Lipinski definition) is 0. The van der Waals surface area contributed by atoms with Gasteiger partial charge in [0.2, 0.25) is 0 Å². The lowest BCUT2D eigenvalue weighted by atomic mass is 9.82. The highest BCUT2D eigenvalue weighted by atomic mass is 79.9. The zero-order valence-corrected chi connectivity index (χ0v) is 24.2. The van der Waals surface area contributed by atoms with Gasteiger partial charge in [-0.3, -0.25) is 9.69 Å². The van der Waals surface area contributed by atoms with Crippen LogP contribution in [0.25, 0.3) is 0 Å². The predicted molar refractivity (Wildman–Crippen MR) is 152 cm³/mol. The summed E-state index contributed by atoms with van der Waals surface area (Å²) in [6, 6.07) is 14.4. The second-order valence-corrected chi connectivity index (χ2v) is 11.5. The summed E-state index contributed by atoms with van der Waals surface area (Å²) in [5.74, 6) is 0.537. The topological polar surface area (TPSA) is 54.4 Å². The molecule has 200 valence electrons. The van der Waals surface area contributed by atoms with E-state index in [2.05, 4.69) is 62.1 Å². The number of carbonyl (C=O) groups is 1. The molecule has 2 aliphatic heterocycles. The molecule has 0 aliphatic carbocycles. The Balaban J connectivity index is 1.37. The van der Waals surface area contributed by atoms with E-state index < -0.39 is 0 Å². The van der Waals surface area contributed by atoms with E-state index in [9.17, 15) is 4.79 Å². The lowest BCUT2D eigenvalue weighted by Gasteiger charge is -2.49. The number of aryl methyl sites for hydroxylation is 2. The van der Waals surface area contributed by atoms with Crippen LogP contribution in [-0.4, -0.2) is 73.5 Å². The minimum Gasteiger partial charge on any atom is -0.393 e. The molecule has 0 radical (unpaired) electrons. The second kappa shape index (κ2) is 12.5. The highest BCUT2D eigenvalue weighted by Crippen LogP contribution is 2.34. The zero-order valence-electron chi connectivity index (χ0n) is 22.6. The van der Waals surface area contributed by atoms with Crippen LogP contribution >= 0.6 is 15.9 Å². The zero-order chi connectivity index (χ0) is 26.4. The van der Waals surface area contributed by atoms with Crippen LogP contribution in [0.5, 0.6) is 0 Å². The maximum Gasteiger partial charge on any atom is 0.254 e. The Kier molecular flexibility index (Phi) is 9.43. The molecule has 2 aromatic rings. The van der Waals surface area contributed by atoms with Gasteiger partial charge in [0, 0.05) is 41.7 Å². The van der Waals surface area contributed by atoms with Crippen molar-refractivity contribution in [2.75, 3.05) is 46.5 Å². The lowest BCUT2D eigenvalue weighted by molar-refractivity contribution is 0.0159. The molecular formula is C30H40BrN3O3. The Morgan fingerprint density at radius 3 is 2.22 bits per heavy atom. The highest BCUT2D eigenvalue weighted by Gasteiger charge is 2.39. The normalized spacial score (nSPS) is 19.2. The van der Waals surface area contributed by atoms with E-state index in [1.54, 1.807) is 7.11 Å². The molecule has 0 saturated carbocycles. The Morgan fingerprint density at radius 1 is 1.00 bits per heavy atom. The van der Waals surface area contributed by atoms with Crippen LogP contribution in [0.1, 0.15) is 59.7 Å². The predicted octanol–water partition coefficient (Wildman–Crippen LogP) is 5.84. The van der Waals surface area contributed by atoms with E-state index in [0.717, 1.165) is 84.3 Å². The summed E-state index contributed by atoms with van der Waals surface area (Å²) >= 11 is 3.54. The monoisotopic (exact) mass is 569 g/mol. The Hall–Kier alpha value is -2.22. The summed E-state index contributed by atoms with van der Waals surface area (Å²) in [5, 5.41) is 4.57. The molecule has 2 aliphatic rings. The van der Waals surface area contributed by atoms with Gasteiger partial charge in [-0.1, -0.05) is 51.4 Å². The van der Waals surface area contributed by atoms with Crippen LogP contribution < -0.4 is 0 Å². The van der Waals surface area contributed by atoms with Crippen LogP contribution in [0.2, 0.25) is 0 Å². The van der Waals surface area contributed by atoms with Crippen LogP contribution in [0.4, 0.5) is 0 Å². The van der Waals surface area contributed by atoms with Gasteiger partial charge < -0.3 is 14.5 Å². The van der Waals surface area contributed by atoms with Crippen molar-refractivity contribution in [1.29, 1.82) is 0 Å². The van der Waals surface area contributed by atoms with Gasteiger partial charge in [-0.15, -0.1) is 0 Å². The maximum absolute atomic E-state index is 13.3. The van der Waals surface area contributed by atoms with Crippen molar-refractivity contribution in [3.05, 3.63) is 69.2 Å². The third-order valence-electron chi connectivity index (χ3n) is 8.15. The summed E-state index contributed by atoms with van der Waals surface area (Å²) in [6.45, 7) is 11.1. The smallest absolute Gasteiger partial charge is 0.254 e. The number of rotatable bonds is 8. The Bertz CT molecular complexity index is 1070. The van der Waals surface area contributed by atoms with Crippen molar-refractivity contribution in [2.24, 2.45) is 11.1 Å². The first kappa shape index (κ1) is 27.8. The van der Waals surface area contributed by atoms with Gasteiger partial charge in [-0.25, -0.2) is 0 Å². The van der Waals surface area contributed by atoms with Crippen LogP contribution in [0, 0.1) is 19.8 Å². The summed E-state index contributed by atoms with van der Waals surface area (Å²) in [6.07, 6.45) is 4.09. The third-order valence-corrected chi connectivity index (χ3v) is 8.68. The quantitative estimate of drug-likeness (QED) is 0.227. The third kappa shape index (κ3) is 6.62. The number of likely N-dealkylation sites (tertiary alicyclic amines) is 2. The SMILES string of the molecule is COCCO/N=C(/c1ccc(Br)cc1)C1CCN(C2(C)CCN(C(=O)c3c(C)cccc3C)CC2)CC1. The molecular weight excluding hydrogens is 530 g/mol. The van der Waals surface area contributed by atoms with Gasteiger partial charge in [0.25, 0.3) is 5.91 Å². The van der Waals surface area contributed by atoms with Crippen LogP contribution in [-0.2, 0) is 9.57 Å². The number of carbonyl (C=O) groups excluding carboxylic acids is 1. The lowest BCUT2D eigenvalue weighted by Crippen LogP contribution is -2.56. The Morgan fingerprint density at radius 2 is 1.62 bits per heavy atom. The average Bonchev–Trinajstić information content (AvgIpc) is 2.90. The molecule has 0 aromatic heterocycles. The van der Waals surface area contributed by atoms with Crippen molar-refractivity contribution in [3.8, 4) is 0 Å². The molecule has 2 heterocycles. The molecule has 0 spiro atoms. The molecule has 2 fully saturated rings. The standard InChI is InChI=1S/C30H40BrN3O3/c1-22-6-5-7-23(2)27(22)29(35)33-18-14-30(3,15-19-33)34-16-12-25(13-17-34)28(32-37-21-20-36-4)24-8-10-26(31)11-9-24/h5-11,25H,12-21H2,1-4H3/b32-28-. The minimum atomic E-state index is 0.117. The van der Waals surface area contributed by atoms with E-state index in [4.69, 9.17) is 9.57 Å². The molecule has 2 aromatic carbocycles. The summed E-state index contributed by atoms with van der Waals surface area (Å²) in [4.78, 5) is 23.6. The van der Waals surface area contributed by atoms with Crippen molar-refractivity contribution < 1.29 is 14.4 Å². The molecule has 2 saturated heterocycles. The van der Waals surface area contributed by atoms with Crippen LogP contribution in [0.15, 0.2) is 52.1 Å². The summed E-state index contributed by atoms with van der Waals surface area (Å²) in [7, 11) is 1.67. The molecule has 7 heteroatoms. The second-order valence-electron chi connectivity index (χ2n) is 10.6.